The quantitative estimate of drug-likeness (QED) is 0.698. The summed E-state index contributed by atoms with van der Waals surface area (Å²) in [5.74, 6) is 0.855. The van der Waals surface area contributed by atoms with E-state index in [-0.39, 0.29) is 6.04 Å². The average Bonchev–Trinajstić information content (AvgIpc) is 2.42. The van der Waals surface area contributed by atoms with Gasteiger partial charge in [-0.25, -0.2) is 0 Å². The van der Waals surface area contributed by atoms with Crippen LogP contribution < -0.4 is 10.1 Å². The van der Waals surface area contributed by atoms with Crippen molar-refractivity contribution in [2.24, 2.45) is 0 Å². The average molecular weight is 345 g/mol. The fourth-order valence-electron chi connectivity index (χ4n) is 1.77. The molecule has 0 radical (unpaired) electrons. The van der Waals surface area contributed by atoms with Gasteiger partial charge in [0.05, 0.1) is 24.8 Å². The summed E-state index contributed by atoms with van der Waals surface area (Å²) in [5, 5.41) is 3.45. The summed E-state index contributed by atoms with van der Waals surface area (Å²) in [6.45, 7) is 5.46. The molecule has 1 rings (SSSR count). The molecule has 0 spiro atoms. The maximum absolute atomic E-state index is 5.56. The maximum atomic E-state index is 5.56. The summed E-state index contributed by atoms with van der Waals surface area (Å²) in [6.07, 6.45) is 0. The second-order valence-electron chi connectivity index (χ2n) is 4.99. The highest BCUT2D eigenvalue weighted by molar-refractivity contribution is 9.10. The van der Waals surface area contributed by atoms with E-state index < -0.39 is 0 Å². The highest BCUT2D eigenvalue weighted by Crippen LogP contribution is 2.27. The van der Waals surface area contributed by atoms with Gasteiger partial charge in [-0.2, -0.15) is 0 Å². The van der Waals surface area contributed by atoms with Gasteiger partial charge < -0.3 is 19.7 Å². The monoisotopic (exact) mass is 344 g/mol. The van der Waals surface area contributed by atoms with Crippen LogP contribution in [0, 0.1) is 0 Å². The van der Waals surface area contributed by atoms with Crippen molar-refractivity contribution in [1.82, 2.24) is 10.2 Å². The Morgan fingerprint density at radius 1 is 1.30 bits per heavy atom. The number of likely N-dealkylation sites (N-methyl/N-ethyl adjacent to an activating group) is 1. The van der Waals surface area contributed by atoms with E-state index in [0.29, 0.717) is 0 Å². The van der Waals surface area contributed by atoms with Crippen LogP contribution in [0.5, 0.6) is 5.75 Å². The number of nitrogens with zero attached hydrogens (tertiary/aromatic N) is 1. The lowest BCUT2D eigenvalue weighted by molar-refractivity contribution is 0.118. The predicted molar refractivity (Wildman–Crippen MR) is 86.5 cm³/mol. The fourth-order valence-corrected chi connectivity index (χ4v) is 2.32. The van der Waals surface area contributed by atoms with Gasteiger partial charge in [0.15, 0.2) is 0 Å². The van der Waals surface area contributed by atoms with Gasteiger partial charge >= 0.3 is 0 Å². The molecule has 1 N–H and O–H groups in total. The Balaban J connectivity index is 2.29. The molecule has 0 aliphatic rings. The number of rotatable bonds is 9. The van der Waals surface area contributed by atoms with Crippen molar-refractivity contribution in [1.29, 1.82) is 0 Å². The van der Waals surface area contributed by atoms with E-state index >= 15 is 0 Å². The Morgan fingerprint density at radius 2 is 2.05 bits per heavy atom. The van der Waals surface area contributed by atoms with Crippen molar-refractivity contribution < 1.29 is 9.47 Å². The second kappa shape index (κ2) is 9.34. The van der Waals surface area contributed by atoms with Crippen molar-refractivity contribution in [3.63, 3.8) is 0 Å². The minimum absolute atomic E-state index is 0.287. The van der Waals surface area contributed by atoms with Crippen LogP contribution in [0.4, 0.5) is 0 Å². The van der Waals surface area contributed by atoms with E-state index in [1.165, 1.54) is 5.56 Å². The Bertz CT molecular complexity index is 399. The van der Waals surface area contributed by atoms with Gasteiger partial charge in [0.25, 0.3) is 0 Å². The van der Waals surface area contributed by atoms with E-state index in [1.807, 2.05) is 20.2 Å². The first kappa shape index (κ1) is 17.4. The van der Waals surface area contributed by atoms with E-state index in [1.54, 1.807) is 7.11 Å². The zero-order valence-corrected chi connectivity index (χ0v) is 14.4. The third-order valence-corrected chi connectivity index (χ3v) is 3.68. The maximum Gasteiger partial charge on any atom is 0.133 e. The molecule has 20 heavy (non-hydrogen) atoms. The molecule has 4 nitrogen and oxygen atoms in total. The molecule has 1 aromatic carbocycles. The van der Waals surface area contributed by atoms with Gasteiger partial charge in [0.2, 0.25) is 0 Å². The SMILES string of the molecule is COc1ccc(C(C)NCCOCCN(C)C)cc1Br. The number of halogens is 1. The van der Waals surface area contributed by atoms with E-state index in [9.17, 15) is 0 Å². The second-order valence-corrected chi connectivity index (χ2v) is 5.84. The molecule has 0 heterocycles. The van der Waals surface area contributed by atoms with Crippen LogP contribution in [-0.4, -0.2) is 52.4 Å². The number of benzene rings is 1. The molecule has 1 atom stereocenters. The lowest BCUT2D eigenvalue weighted by Gasteiger charge is -2.16. The summed E-state index contributed by atoms with van der Waals surface area (Å²) in [5.41, 5.74) is 1.23. The number of hydrogen-bond acceptors (Lipinski definition) is 4. The summed E-state index contributed by atoms with van der Waals surface area (Å²) in [7, 11) is 5.77. The third-order valence-electron chi connectivity index (χ3n) is 3.06. The van der Waals surface area contributed by atoms with E-state index in [0.717, 1.165) is 36.5 Å². The first-order valence-corrected chi connectivity index (χ1v) is 7.63. The predicted octanol–water partition coefficient (Wildman–Crippen LogP) is 2.69. The van der Waals surface area contributed by atoms with Gasteiger partial charge in [-0.1, -0.05) is 6.07 Å². The number of hydrogen-bond donors (Lipinski definition) is 1. The summed E-state index contributed by atoms with van der Waals surface area (Å²) < 4.78 is 11.8. The molecular formula is C15H25BrN2O2. The van der Waals surface area contributed by atoms with Crippen LogP contribution in [0.2, 0.25) is 0 Å². The van der Waals surface area contributed by atoms with Crippen molar-refractivity contribution in [3.8, 4) is 5.75 Å². The Kier molecular flexibility index (Phi) is 8.14. The zero-order chi connectivity index (χ0) is 15.0. The molecule has 0 saturated carbocycles. The molecule has 0 saturated heterocycles. The molecule has 0 bridgehead atoms. The van der Waals surface area contributed by atoms with Crippen molar-refractivity contribution in [2.75, 3.05) is 47.5 Å². The summed E-state index contributed by atoms with van der Waals surface area (Å²) in [6, 6.07) is 6.43. The van der Waals surface area contributed by atoms with Crippen LogP contribution in [0.1, 0.15) is 18.5 Å². The van der Waals surface area contributed by atoms with Crippen molar-refractivity contribution in [2.45, 2.75) is 13.0 Å². The summed E-state index contributed by atoms with van der Waals surface area (Å²) in [4.78, 5) is 2.12. The van der Waals surface area contributed by atoms with E-state index in [2.05, 4.69) is 45.2 Å². The Morgan fingerprint density at radius 3 is 2.65 bits per heavy atom. The third kappa shape index (κ3) is 6.22. The molecule has 0 aromatic heterocycles. The normalized spacial score (nSPS) is 12.7. The fraction of sp³-hybridized carbons (Fsp3) is 0.600. The van der Waals surface area contributed by atoms with Crippen LogP contribution in [0.25, 0.3) is 0 Å². The lowest BCUT2D eigenvalue weighted by Crippen LogP contribution is -2.25. The topological polar surface area (TPSA) is 33.7 Å². The molecular weight excluding hydrogens is 320 g/mol. The highest BCUT2D eigenvalue weighted by Gasteiger charge is 2.07. The standard InChI is InChI=1S/C15H25BrN2O2/c1-12(17-7-9-20-10-8-18(2)3)13-5-6-15(19-4)14(16)11-13/h5-6,11-12,17H,7-10H2,1-4H3. The summed E-state index contributed by atoms with van der Waals surface area (Å²) >= 11 is 3.51. The molecule has 5 heteroatoms. The number of nitrogens with one attached hydrogen (secondary N) is 1. The minimum atomic E-state index is 0.287. The highest BCUT2D eigenvalue weighted by atomic mass is 79.9. The lowest BCUT2D eigenvalue weighted by atomic mass is 10.1. The Hall–Kier alpha value is -0.620. The first-order chi connectivity index (χ1) is 9.54. The first-order valence-electron chi connectivity index (χ1n) is 6.84. The molecule has 1 aromatic rings. The minimum Gasteiger partial charge on any atom is -0.496 e. The van der Waals surface area contributed by atoms with Gasteiger partial charge in [-0.05, 0) is 54.6 Å². The smallest absolute Gasteiger partial charge is 0.133 e. The van der Waals surface area contributed by atoms with Gasteiger partial charge in [0.1, 0.15) is 5.75 Å². The van der Waals surface area contributed by atoms with Gasteiger partial charge in [-0.3, -0.25) is 0 Å². The van der Waals surface area contributed by atoms with Crippen LogP contribution in [0.3, 0.4) is 0 Å². The number of methoxy groups -OCH3 is 1. The van der Waals surface area contributed by atoms with Crippen LogP contribution in [0.15, 0.2) is 22.7 Å². The van der Waals surface area contributed by atoms with Crippen LogP contribution >= 0.6 is 15.9 Å². The number of ether oxygens (including phenoxy) is 2. The molecule has 0 fully saturated rings. The van der Waals surface area contributed by atoms with E-state index in [4.69, 9.17) is 9.47 Å². The van der Waals surface area contributed by atoms with Crippen molar-refractivity contribution >= 4 is 15.9 Å². The van der Waals surface area contributed by atoms with Crippen molar-refractivity contribution in [3.05, 3.63) is 28.2 Å². The Labute approximate surface area is 130 Å². The molecule has 114 valence electrons. The van der Waals surface area contributed by atoms with Gasteiger partial charge in [-0.15, -0.1) is 0 Å². The largest absolute Gasteiger partial charge is 0.496 e. The molecule has 0 aliphatic heterocycles. The molecule has 0 amide bonds. The zero-order valence-electron chi connectivity index (χ0n) is 12.8. The van der Waals surface area contributed by atoms with Crippen LogP contribution in [-0.2, 0) is 4.74 Å². The molecule has 1 unspecified atom stereocenters. The van der Waals surface area contributed by atoms with Gasteiger partial charge in [0, 0.05) is 19.1 Å². The molecule has 0 aliphatic carbocycles.